The number of hydrogen-bond donors (Lipinski definition) is 1. The van der Waals surface area contributed by atoms with E-state index in [1.807, 2.05) is 73.7 Å². The van der Waals surface area contributed by atoms with Crippen molar-refractivity contribution in [3.8, 4) is 0 Å². The highest BCUT2D eigenvalue weighted by Crippen LogP contribution is 2.22. The number of aryl methyl sites for hydroxylation is 1. The molecule has 0 aliphatic carbocycles. The van der Waals surface area contributed by atoms with Gasteiger partial charge in [0.25, 0.3) is 5.91 Å². The van der Waals surface area contributed by atoms with Gasteiger partial charge in [0.05, 0.1) is 12.1 Å². The first-order valence-electron chi connectivity index (χ1n) is 8.44. The van der Waals surface area contributed by atoms with Gasteiger partial charge in [-0.2, -0.15) is 5.10 Å². The Labute approximate surface area is 151 Å². The van der Waals surface area contributed by atoms with E-state index in [1.54, 1.807) is 11.1 Å². The normalized spacial score (nSPS) is 10.8. The van der Waals surface area contributed by atoms with Crippen LogP contribution >= 0.6 is 0 Å². The highest BCUT2D eigenvalue weighted by atomic mass is 16.2. The quantitative estimate of drug-likeness (QED) is 0.607. The van der Waals surface area contributed by atoms with Gasteiger partial charge >= 0.3 is 0 Å². The van der Waals surface area contributed by atoms with Crippen LogP contribution in [0.1, 0.15) is 21.6 Å². The minimum atomic E-state index is -0.0879. The van der Waals surface area contributed by atoms with Crippen LogP contribution in [0.15, 0.2) is 72.9 Å². The zero-order valence-electron chi connectivity index (χ0n) is 14.4. The Morgan fingerprint density at radius 3 is 2.46 bits per heavy atom. The van der Waals surface area contributed by atoms with Gasteiger partial charge in [0.1, 0.15) is 0 Å². The fourth-order valence-corrected chi connectivity index (χ4v) is 2.95. The molecule has 128 valence electrons. The molecule has 4 aromatic rings. The Balaban J connectivity index is 1.74. The van der Waals surface area contributed by atoms with E-state index in [2.05, 4.69) is 15.2 Å². The number of rotatable bonds is 4. The Hall–Kier alpha value is -3.47. The molecule has 1 N–H and O–H groups in total. The molecule has 5 nitrogen and oxygen atoms in total. The standard InChI is InChI=1S/C21H18N4O/c1-15-19-12-17(13-22-20(19)24-23-15)21(26)25(18-10-6-3-7-11-18)14-16-8-4-2-5-9-16/h2-13H,14H2,1H3,(H,22,23,24). The number of aromatic nitrogens is 3. The first-order chi connectivity index (χ1) is 12.7. The number of carbonyl (C=O) groups is 1. The van der Waals surface area contributed by atoms with Crippen LogP contribution in [0.3, 0.4) is 0 Å². The van der Waals surface area contributed by atoms with Crippen molar-refractivity contribution in [3.63, 3.8) is 0 Å². The van der Waals surface area contributed by atoms with Crippen molar-refractivity contribution in [1.29, 1.82) is 0 Å². The van der Waals surface area contributed by atoms with Crippen LogP contribution in [0.4, 0.5) is 5.69 Å². The summed E-state index contributed by atoms with van der Waals surface area (Å²) < 4.78 is 0. The number of nitrogens with zero attached hydrogens (tertiary/aromatic N) is 3. The van der Waals surface area contributed by atoms with Gasteiger partial charge in [0, 0.05) is 23.0 Å². The minimum Gasteiger partial charge on any atom is -0.304 e. The lowest BCUT2D eigenvalue weighted by Gasteiger charge is -2.23. The summed E-state index contributed by atoms with van der Waals surface area (Å²) in [5, 5.41) is 7.90. The largest absolute Gasteiger partial charge is 0.304 e. The summed E-state index contributed by atoms with van der Waals surface area (Å²) in [6.07, 6.45) is 1.59. The van der Waals surface area contributed by atoms with Gasteiger partial charge in [0.2, 0.25) is 0 Å². The van der Waals surface area contributed by atoms with E-state index < -0.39 is 0 Å². The SMILES string of the molecule is Cc1[nH]nc2ncc(C(=O)N(Cc3ccccc3)c3ccccc3)cc12. The molecule has 4 rings (SSSR count). The predicted octanol–water partition coefficient (Wildman–Crippen LogP) is 4.11. The smallest absolute Gasteiger partial charge is 0.260 e. The number of pyridine rings is 1. The van der Waals surface area contributed by atoms with Crippen LogP contribution in [-0.2, 0) is 6.54 Å². The topological polar surface area (TPSA) is 61.9 Å². The molecule has 0 saturated carbocycles. The summed E-state index contributed by atoms with van der Waals surface area (Å²) in [6.45, 7) is 2.41. The van der Waals surface area contributed by atoms with E-state index >= 15 is 0 Å². The predicted molar refractivity (Wildman–Crippen MR) is 102 cm³/mol. The summed E-state index contributed by atoms with van der Waals surface area (Å²) in [4.78, 5) is 19.4. The number of para-hydroxylation sites is 1. The molecule has 2 aromatic carbocycles. The third-order valence-electron chi connectivity index (χ3n) is 4.34. The molecule has 0 aliphatic heterocycles. The molecule has 0 saturated heterocycles. The van der Waals surface area contributed by atoms with Crippen LogP contribution in [0.25, 0.3) is 11.0 Å². The lowest BCUT2D eigenvalue weighted by Crippen LogP contribution is -2.30. The summed E-state index contributed by atoms with van der Waals surface area (Å²) in [5.41, 5.74) is 3.98. The van der Waals surface area contributed by atoms with Crippen molar-refractivity contribution in [2.24, 2.45) is 0 Å². The zero-order chi connectivity index (χ0) is 17.9. The second kappa shape index (κ2) is 6.80. The van der Waals surface area contributed by atoms with Crippen molar-refractivity contribution in [2.45, 2.75) is 13.5 Å². The van der Waals surface area contributed by atoms with Crippen LogP contribution in [0.5, 0.6) is 0 Å². The Morgan fingerprint density at radius 1 is 1.04 bits per heavy atom. The Kier molecular flexibility index (Phi) is 4.19. The lowest BCUT2D eigenvalue weighted by molar-refractivity contribution is 0.0985. The van der Waals surface area contributed by atoms with E-state index in [4.69, 9.17) is 0 Å². The van der Waals surface area contributed by atoms with E-state index in [9.17, 15) is 4.79 Å². The molecule has 0 spiro atoms. The number of amides is 1. The third kappa shape index (κ3) is 3.07. The average molecular weight is 342 g/mol. The highest BCUT2D eigenvalue weighted by molar-refractivity contribution is 6.07. The molecular weight excluding hydrogens is 324 g/mol. The maximum absolute atomic E-state index is 13.3. The second-order valence-corrected chi connectivity index (χ2v) is 6.16. The maximum atomic E-state index is 13.3. The van der Waals surface area contributed by atoms with Crippen LogP contribution < -0.4 is 4.90 Å². The van der Waals surface area contributed by atoms with Gasteiger partial charge in [-0.05, 0) is 30.7 Å². The van der Waals surface area contributed by atoms with Gasteiger partial charge in [-0.3, -0.25) is 9.89 Å². The summed E-state index contributed by atoms with van der Waals surface area (Å²) in [7, 11) is 0. The van der Waals surface area contributed by atoms with Crippen LogP contribution in [0.2, 0.25) is 0 Å². The molecule has 0 fully saturated rings. The van der Waals surface area contributed by atoms with Gasteiger partial charge in [-0.15, -0.1) is 0 Å². The number of H-pyrrole nitrogens is 1. The van der Waals surface area contributed by atoms with Crippen molar-refractivity contribution in [1.82, 2.24) is 15.2 Å². The molecule has 1 amide bonds. The Bertz CT molecular complexity index is 1040. The number of fused-ring (bicyclic) bond motifs is 1. The molecule has 0 aliphatic rings. The van der Waals surface area contributed by atoms with Crippen molar-refractivity contribution < 1.29 is 4.79 Å². The van der Waals surface area contributed by atoms with Gasteiger partial charge in [-0.25, -0.2) is 4.98 Å². The van der Waals surface area contributed by atoms with E-state index in [1.165, 1.54) is 0 Å². The molecule has 0 atom stereocenters. The minimum absolute atomic E-state index is 0.0879. The first-order valence-corrected chi connectivity index (χ1v) is 8.44. The van der Waals surface area contributed by atoms with Crippen LogP contribution in [0, 0.1) is 6.92 Å². The lowest BCUT2D eigenvalue weighted by atomic mass is 10.1. The fraction of sp³-hybridized carbons (Fsp3) is 0.0952. The number of aromatic amines is 1. The maximum Gasteiger partial charge on any atom is 0.260 e. The van der Waals surface area contributed by atoms with E-state index in [-0.39, 0.29) is 5.91 Å². The molecule has 0 radical (unpaired) electrons. The van der Waals surface area contributed by atoms with Crippen molar-refractivity contribution in [3.05, 3.63) is 89.7 Å². The monoisotopic (exact) mass is 342 g/mol. The summed E-state index contributed by atoms with van der Waals surface area (Å²) >= 11 is 0. The average Bonchev–Trinajstić information content (AvgIpc) is 3.07. The number of carbonyl (C=O) groups excluding carboxylic acids is 1. The second-order valence-electron chi connectivity index (χ2n) is 6.16. The van der Waals surface area contributed by atoms with E-state index in [0.29, 0.717) is 17.8 Å². The molecule has 2 heterocycles. The molecule has 0 bridgehead atoms. The van der Waals surface area contributed by atoms with Crippen LogP contribution in [-0.4, -0.2) is 21.1 Å². The Morgan fingerprint density at radius 2 is 1.73 bits per heavy atom. The number of anilines is 1. The van der Waals surface area contributed by atoms with Crippen molar-refractivity contribution >= 4 is 22.6 Å². The van der Waals surface area contributed by atoms with E-state index in [0.717, 1.165) is 22.3 Å². The summed E-state index contributed by atoms with van der Waals surface area (Å²) in [5.74, 6) is -0.0879. The van der Waals surface area contributed by atoms with Gasteiger partial charge in [-0.1, -0.05) is 48.5 Å². The van der Waals surface area contributed by atoms with Gasteiger partial charge < -0.3 is 4.90 Å². The third-order valence-corrected chi connectivity index (χ3v) is 4.34. The fourth-order valence-electron chi connectivity index (χ4n) is 2.95. The first kappa shape index (κ1) is 16.0. The molecule has 26 heavy (non-hydrogen) atoms. The molecule has 5 heteroatoms. The molecule has 2 aromatic heterocycles. The number of hydrogen-bond acceptors (Lipinski definition) is 3. The highest BCUT2D eigenvalue weighted by Gasteiger charge is 2.19. The summed E-state index contributed by atoms with van der Waals surface area (Å²) in [6, 6.07) is 21.5. The number of nitrogens with one attached hydrogen (secondary N) is 1. The van der Waals surface area contributed by atoms with Crippen molar-refractivity contribution in [2.75, 3.05) is 4.90 Å². The molecule has 0 unspecified atom stereocenters. The molecular formula is C21H18N4O. The van der Waals surface area contributed by atoms with Gasteiger partial charge in [0.15, 0.2) is 5.65 Å². The zero-order valence-corrected chi connectivity index (χ0v) is 14.4. The number of benzene rings is 2.